The number of fused-ring (bicyclic) bond motifs is 1. The van der Waals surface area contributed by atoms with Gasteiger partial charge in [-0.2, -0.15) is 0 Å². The van der Waals surface area contributed by atoms with E-state index in [4.69, 9.17) is 0 Å². The Kier molecular flexibility index (Phi) is 1.45. The minimum absolute atomic E-state index is 0.986. The molecule has 0 N–H and O–H groups in total. The third kappa shape index (κ3) is 0.770. The summed E-state index contributed by atoms with van der Waals surface area (Å²) >= 11 is 1.76. The molecule has 0 aliphatic carbocycles. The van der Waals surface area contributed by atoms with E-state index in [1.807, 2.05) is 0 Å². The van der Waals surface area contributed by atoms with E-state index in [1.54, 1.807) is 11.8 Å². The zero-order valence-electron chi connectivity index (χ0n) is 6.00. The van der Waals surface area contributed by atoms with E-state index in [0.717, 1.165) is 19.5 Å². The van der Waals surface area contributed by atoms with Crippen LogP contribution >= 0.6 is 11.8 Å². The number of hydrogen-bond acceptors (Lipinski definition) is 3. The first-order valence-electron chi connectivity index (χ1n) is 3.59. The highest BCUT2D eigenvalue weighted by atomic mass is 32.2. The largest absolute Gasteiger partial charge is 0.322 e. The van der Waals surface area contributed by atoms with Gasteiger partial charge in [0.15, 0.2) is 5.17 Å². The standard InChI is InChI=1S/C7H10N2S/c1-2-6-5-10-7-8-3-4-9(6)7/h5H,2-4H2,1H3. The maximum Gasteiger partial charge on any atom is 0.167 e. The van der Waals surface area contributed by atoms with E-state index in [1.165, 1.54) is 10.9 Å². The Labute approximate surface area is 65.0 Å². The van der Waals surface area contributed by atoms with Gasteiger partial charge >= 0.3 is 0 Å². The lowest BCUT2D eigenvalue weighted by atomic mass is 10.3. The van der Waals surface area contributed by atoms with E-state index in [9.17, 15) is 0 Å². The van der Waals surface area contributed by atoms with Crippen LogP contribution in [0.5, 0.6) is 0 Å². The van der Waals surface area contributed by atoms with Gasteiger partial charge in [-0.1, -0.05) is 18.7 Å². The monoisotopic (exact) mass is 154 g/mol. The highest BCUT2D eigenvalue weighted by molar-refractivity contribution is 8.16. The molecule has 54 valence electrons. The van der Waals surface area contributed by atoms with Crippen LogP contribution in [0.4, 0.5) is 0 Å². The van der Waals surface area contributed by atoms with Gasteiger partial charge in [0, 0.05) is 12.2 Å². The van der Waals surface area contributed by atoms with Crippen molar-refractivity contribution in [1.29, 1.82) is 0 Å². The van der Waals surface area contributed by atoms with Gasteiger partial charge < -0.3 is 4.90 Å². The number of nitrogens with zero attached hydrogens (tertiary/aromatic N) is 2. The first-order chi connectivity index (χ1) is 4.92. The smallest absolute Gasteiger partial charge is 0.167 e. The van der Waals surface area contributed by atoms with Crippen molar-refractivity contribution in [3.63, 3.8) is 0 Å². The quantitative estimate of drug-likeness (QED) is 0.570. The fourth-order valence-corrected chi connectivity index (χ4v) is 2.29. The normalized spacial score (nSPS) is 22.7. The number of amidine groups is 1. The van der Waals surface area contributed by atoms with Crippen LogP contribution < -0.4 is 0 Å². The fourth-order valence-electron chi connectivity index (χ4n) is 1.25. The molecule has 0 fully saturated rings. The predicted molar refractivity (Wildman–Crippen MR) is 45.0 cm³/mol. The van der Waals surface area contributed by atoms with E-state index in [0.29, 0.717) is 0 Å². The van der Waals surface area contributed by atoms with E-state index < -0.39 is 0 Å². The second kappa shape index (κ2) is 2.31. The van der Waals surface area contributed by atoms with Crippen molar-refractivity contribution in [2.24, 2.45) is 4.99 Å². The highest BCUT2D eigenvalue weighted by Crippen LogP contribution is 2.30. The van der Waals surface area contributed by atoms with Crippen molar-refractivity contribution in [3.05, 3.63) is 11.1 Å². The molecule has 2 rings (SSSR count). The van der Waals surface area contributed by atoms with Crippen LogP contribution in [0.2, 0.25) is 0 Å². The number of hydrogen-bond donors (Lipinski definition) is 0. The molecule has 0 bridgehead atoms. The first kappa shape index (κ1) is 6.28. The molecule has 2 heterocycles. The average molecular weight is 154 g/mol. The lowest BCUT2D eigenvalue weighted by molar-refractivity contribution is 0.554. The molecule has 0 radical (unpaired) electrons. The van der Waals surface area contributed by atoms with Crippen LogP contribution in [0, 0.1) is 0 Å². The Hall–Kier alpha value is -0.440. The minimum Gasteiger partial charge on any atom is -0.322 e. The van der Waals surface area contributed by atoms with Crippen molar-refractivity contribution in [1.82, 2.24) is 4.90 Å². The van der Waals surface area contributed by atoms with Gasteiger partial charge in [0.2, 0.25) is 0 Å². The van der Waals surface area contributed by atoms with Gasteiger partial charge in [0.25, 0.3) is 0 Å². The topological polar surface area (TPSA) is 15.6 Å². The number of thioether (sulfide) groups is 1. The molecule has 3 heteroatoms. The number of rotatable bonds is 1. The van der Waals surface area contributed by atoms with Crippen molar-refractivity contribution in [2.45, 2.75) is 13.3 Å². The van der Waals surface area contributed by atoms with Crippen LogP contribution in [-0.2, 0) is 0 Å². The predicted octanol–water partition coefficient (Wildman–Crippen LogP) is 1.66. The summed E-state index contributed by atoms with van der Waals surface area (Å²) in [5, 5.41) is 3.41. The van der Waals surface area contributed by atoms with Crippen molar-refractivity contribution >= 4 is 16.9 Å². The maximum atomic E-state index is 4.35. The summed E-state index contributed by atoms with van der Waals surface area (Å²) in [5.74, 6) is 0. The van der Waals surface area contributed by atoms with Gasteiger partial charge in [-0.15, -0.1) is 0 Å². The van der Waals surface area contributed by atoms with Crippen LogP contribution in [-0.4, -0.2) is 23.2 Å². The third-order valence-electron chi connectivity index (χ3n) is 1.81. The molecule has 0 aromatic heterocycles. The molecule has 0 saturated heterocycles. The molecular formula is C7H10N2S. The molecule has 0 aromatic carbocycles. The molecular weight excluding hydrogens is 144 g/mol. The average Bonchev–Trinajstić information content (AvgIpc) is 2.44. The molecule has 2 aliphatic heterocycles. The third-order valence-corrected chi connectivity index (χ3v) is 2.76. The van der Waals surface area contributed by atoms with Gasteiger partial charge in [-0.05, 0) is 11.8 Å². The zero-order valence-corrected chi connectivity index (χ0v) is 6.82. The van der Waals surface area contributed by atoms with E-state index in [2.05, 4.69) is 22.2 Å². The molecule has 0 unspecified atom stereocenters. The van der Waals surface area contributed by atoms with Crippen molar-refractivity contribution in [3.8, 4) is 0 Å². The summed E-state index contributed by atoms with van der Waals surface area (Å²) in [6.45, 7) is 4.27. The Morgan fingerprint density at radius 3 is 3.50 bits per heavy atom. The second-order valence-corrected chi connectivity index (χ2v) is 3.23. The fraction of sp³-hybridized carbons (Fsp3) is 0.571. The second-order valence-electron chi connectivity index (χ2n) is 2.40. The Morgan fingerprint density at radius 1 is 1.80 bits per heavy atom. The molecule has 2 aliphatic rings. The molecule has 0 amide bonds. The Bertz CT molecular complexity index is 208. The lowest BCUT2D eigenvalue weighted by Gasteiger charge is -2.13. The van der Waals surface area contributed by atoms with Crippen molar-refractivity contribution < 1.29 is 0 Å². The summed E-state index contributed by atoms with van der Waals surface area (Å²) in [6, 6.07) is 0. The van der Waals surface area contributed by atoms with Crippen LogP contribution in [0.3, 0.4) is 0 Å². The summed E-state index contributed by atoms with van der Waals surface area (Å²) in [5.41, 5.74) is 1.43. The minimum atomic E-state index is 0.986. The van der Waals surface area contributed by atoms with E-state index in [-0.39, 0.29) is 0 Å². The summed E-state index contributed by atoms with van der Waals surface area (Å²) < 4.78 is 0. The van der Waals surface area contributed by atoms with Gasteiger partial charge in [-0.3, -0.25) is 4.99 Å². The molecule has 2 nitrogen and oxygen atoms in total. The molecule has 0 atom stereocenters. The van der Waals surface area contributed by atoms with Crippen LogP contribution in [0.25, 0.3) is 0 Å². The van der Waals surface area contributed by atoms with Crippen LogP contribution in [0.15, 0.2) is 16.1 Å². The summed E-state index contributed by atoms with van der Waals surface area (Å²) in [4.78, 5) is 6.66. The van der Waals surface area contributed by atoms with Gasteiger partial charge in [-0.25, -0.2) is 0 Å². The Morgan fingerprint density at radius 2 is 2.70 bits per heavy atom. The number of allylic oxidation sites excluding steroid dienone is 1. The molecule has 0 saturated carbocycles. The van der Waals surface area contributed by atoms with Crippen molar-refractivity contribution in [2.75, 3.05) is 13.1 Å². The highest BCUT2D eigenvalue weighted by Gasteiger charge is 2.24. The Balaban J connectivity index is 2.20. The van der Waals surface area contributed by atoms with Gasteiger partial charge in [0.05, 0.1) is 6.54 Å². The lowest BCUT2D eigenvalue weighted by Crippen LogP contribution is -2.20. The zero-order chi connectivity index (χ0) is 6.97. The maximum absolute atomic E-state index is 4.35. The number of aliphatic imine (C=N–C) groups is 1. The molecule has 0 aromatic rings. The van der Waals surface area contributed by atoms with Crippen LogP contribution in [0.1, 0.15) is 13.3 Å². The molecule has 0 spiro atoms. The van der Waals surface area contributed by atoms with Gasteiger partial charge in [0.1, 0.15) is 0 Å². The first-order valence-corrected chi connectivity index (χ1v) is 4.47. The SMILES string of the molecule is CCC1=CSC2=NCCN12. The molecule has 10 heavy (non-hydrogen) atoms. The summed E-state index contributed by atoms with van der Waals surface area (Å²) in [6.07, 6.45) is 1.13. The van der Waals surface area contributed by atoms with E-state index >= 15 is 0 Å². The summed E-state index contributed by atoms with van der Waals surface area (Å²) in [7, 11) is 0.